The number of aliphatic hydroxyl groups is 2. The molecule has 0 saturated carbocycles. The smallest absolute Gasteiger partial charge is 0.342 e. The van der Waals surface area contributed by atoms with E-state index in [0.717, 1.165) is 0 Å². The van der Waals surface area contributed by atoms with Crippen LogP contribution in [-0.2, 0) is 33.3 Å². The van der Waals surface area contributed by atoms with Crippen LogP contribution in [0.25, 0.3) is 0 Å². The molecule has 3 rings (SSSR count). The van der Waals surface area contributed by atoms with Gasteiger partial charge in [0.1, 0.15) is 17.5 Å². The summed E-state index contributed by atoms with van der Waals surface area (Å²) in [6, 6.07) is 0. The van der Waals surface area contributed by atoms with Crippen molar-refractivity contribution in [3.63, 3.8) is 0 Å². The third kappa shape index (κ3) is 3.15. The standard InChI is InChI=1S/C18H22O9/c1-10(21)25-13-7-17(3,23)18(24-9-20)5-4-16(2,27-18)6-12-14(13)11(8-19)15(22)26-12/h6,9,13,19,23H,4-5,7-8H2,1-3H3/b12-6+/t13-,16+,17+,18+/m0/s1. The monoisotopic (exact) mass is 382 g/mol. The van der Waals surface area contributed by atoms with E-state index < -0.39 is 41.6 Å². The fourth-order valence-corrected chi connectivity index (χ4v) is 3.94. The molecule has 3 aliphatic heterocycles. The van der Waals surface area contributed by atoms with Gasteiger partial charge >= 0.3 is 11.9 Å². The molecule has 1 fully saturated rings. The van der Waals surface area contributed by atoms with E-state index in [1.807, 2.05) is 0 Å². The fraction of sp³-hybridized carbons (Fsp3) is 0.611. The molecule has 0 aromatic carbocycles. The molecule has 0 unspecified atom stereocenters. The van der Waals surface area contributed by atoms with Gasteiger partial charge in [0.2, 0.25) is 5.79 Å². The lowest BCUT2D eigenvalue weighted by Crippen LogP contribution is -2.56. The predicted molar refractivity (Wildman–Crippen MR) is 87.7 cm³/mol. The zero-order valence-corrected chi connectivity index (χ0v) is 15.3. The zero-order valence-electron chi connectivity index (χ0n) is 15.3. The SMILES string of the molecule is CC(=O)O[C@H]1C[C@@](C)(O)[C@@]2(OC=O)CC[C@](C)(/C=C3/OC(=O)C(CO)=C31)O2. The summed E-state index contributed by atoms with van der Waals surface area (Å²) in [6.45, 7) is 3.86. The minimum Gasteiger partial charge on any atom is -0.457 e. The number of esters is 2. The third-order valence-electron chi connectivity index (χ3n) is 5.25. The van der Waals surface area contributed by atoms with Crippen molar-refractivity contribution in [3.8, 4) is 0 Å². The summed E-state index contributed by atoms with van der Waals surface area (Å²) in [4.78, 5) is 34.9. The van der Waals surface area contributed by atoms with Crippen LogP contribution in [0.1, 0.15) is 40.0 Å². The van der Waals surface area contributed by atoms with Crippen molar-refractivity contribution in [2.45, 2.75) is 63.1 Å². The quantitative estimate of drug-likeness (QED) is 0.399. The van der Waals surface area contributed by atoms with Crippen molar-refractivity contribution in [2.24, 2.45) is 0 Å². The van der Waals surface area contributed by atoms with E-state index in [-0.39, 0.29) is 36.2 Å². The van der Waals surface area contributed by atoms with Crippen molar-refractivity contribution in [1.29, 1.82) is 0 Å². The molecule has 0 amide bonds. The van der Waals surface area contributed by atoms with Crippen LogP contribution in [-0.4, -0.2) is 58.3 Å². The van der Waals surface area contributed by atoms with Crippen LogP contribution < -0.4 is 0 Å². The summed E-state index contributed by atoms with van der Waals surface area (Å²) >= 11 is 0. The fourth-order valence-electron chi connectivity index (χ4n) is 3.94. The number of rotatable bonds is 4. The molecule has 27 heavy (non-hydrogen) atoms. The first-order chi connectivity index (χ1) is 12.6. The van der Waals surface area contributed by atoms with Crippen LogP contribution in [0.2, 0.25) is 0 Å². The minimum absolute atomic E-state index is 0.0602. The molecule has 0 radical (unpaired) electrons. The van der Waals surface area contributed by atoms with Crippen molar-refractivity contribution in [3.05, 3.63) is 23.0 Å². The van der Waals surface area contributed by atoms with Crippen molar-refractivity contribution in [1.82, 2.24) is 0 Å². The first-order valence-electron chi connectivity index (χ1n) is 8.57. The Morgan fingerprint density at radius 1 is 1.41 bits per heavy atom. The lowest BCUT2D eigenvalue weighted by molar-refractivity contribution is -0.300. The van der Waals surface area contributed by atoms with Crippen LogP contribution in [0.4, 0.5) is 0 Å². The van der Waals surface area contributed by atoms with Crippen LogP contribution in [0.15, 0.2) is 23.0 Å². The molecule has 0 aromatic rings. The Balaban J connectivity index is 2.20. The molecule has 148 valence electrons. The van der Waals surface area contributed by atoms with Gasteiger partial charge in [-0.3, -0.25) is 9.59 Å². The molecule has 0 aliphatic carbocycles. The Morgan fingerprint density at radius 2 is 2.11 bits per heavy atom. The molecule has 0 spiro atoms. The normalized spacial score (nSPS) is 40.1. The lowest BCUT2D eigenvalue weighted by Gasteiger charge is -2.42. The first kappa shape index (κ1) is 19.5. The number of fused-ring (bicyclic) bond motifs is 3. The molecular weight excluding hydrogens is 360 g/mol. The molecule has 2 N–H and O–H groups in total. The summed E-state index contributed by atoms with van der Waals surface area (Å²) in [5.74, 6) is -2.98. The number of hydrogen-bond donors (Lipinski definition) is 2. The zero-order chi connectivity index (χ0) is 20.0. The predicted octanol–water partition coefficient (Wildman–Crippen LogP) is 0.241. The third-order valence-corrected chi connectivity index (χ3v) is 5.25. The van der Waals surface area contributed by atoms with Crippen LogP contribution in [0.3, 0.4) is 0 Å². The maximum absolute atomic E-state index is 12.2. The van der Waals surface area contributed by atoms with Gasteiger partial charge in [0.15, 0.2) is 0 Å². The second kappa shape index (κ2) is 6.43. The molecule has 4 atom stereocenters. The van der Waals surface area contributed by atoms with Gasteiger partial charge in [-0.25, -0.2) is 4.79 Å². The average molecular weight is 382 g/mol. The van der Waals surface area contributed by atoms with Crippen LogP contribution >= 0.6 is 0 Å². The molecule has 2 bridgehead atoms. The molecule has 9 heteroatoms. The molecule has 3 aliphatic rings. The van der Waals surface area contributed by atoms with E-state index in [4.69, 9.17) is 18.9 Å². The molecule has 3 heterocycles. The Kier molecular flexibility index (Phi) is 4.65. The van der Waals surface area contributed by atoms with E-state index in [2.05, 4.69) is 0 Å². The van der Waals surface area contributed by atoms with Gasteiger partial charge in [-0.15, -0.1) is 0 Å². The molecule has 1 saturated heterocycles. The van der Waals surface area contributed by atoms with Crippen molar-refractivity contribution >= 4 is 18.4 Å². The highest BCUT2D eigenvalue weighted by molar-refractivity contribution is 5.95. The number of hydrogen-bond acceptors (Lipinski definition) is 9. The maximum atomic E-state index is 12.2. The molecular formula is C18H22O9. The highest BCUT2D eigenvalue weighted by Crippen LogP contribution is 2.50. The van der Waals surface area contributed by atoms with Crippen molar-refractivity contribution < 1.29 is 43.5 Å². The van der Waals surface area contributed by atoms with Crippen molar-refractivity contribution in [2.75, 3.05) is 6.61 Å². The average Bonchev–Trinajstić information content (AvgIpc) is 3.04. The maximum Gasteiger partial charge on any atom is 0.342 e. The molecule has 0 aromatic heterocycles. The largest absolute Gasteiger partial charge is 0.457 e. The van der Waals surface area contributed by atoms with E-state index >= 15 is 0 Å². The molecule has 9 nitrogen and oxygen atoms in total. The second-order valence-corrected chi connectivity index (χ2v) is 7.41. The van der Waals surface area contributed by atoms with Gasteiger partial charge in [-0.2, -0.15) is 0 Å². The Labute approximate surface area is 155 Å². The summed E-state index contributed by atoms with van der Waals surface area (Å²) < 4.78 is 21.8. The van der Waals surface area contributed by atoms with E-state index in [9.17, 15) is 24.6 Å². The lowest BCUT2D eigenvalue weighted by atomic mass is 9.82. The topological polar surface area (TPSA) is 129 Å². The summed E-state index contributed by atoms with van der Waals surface area (Å²) in [5, 5.41) is 20.8. The highest BCUT2D eigenvalue weighted by atomic mass is 16.7. The Hall–Kier alpha value is -2.23. The Morgan fingerprint density at radius 3 is 2.70 bits per heavy atom. The minimum atomic E-state index is -1.77. The van der Waals surface area contributed by atoms with Gasteiger partial charge in [0.05, 0.1) is 17.8 Å². The van der Waals surface area contributed by atoms with E-state index in [1.165, 1.54) is 19.9 Å². The number of aliphatic hydroxyl groups excluding tert-OH is 1. The van der Waals surface area contributed by atoms with Gasteiger partial charge in [0.25, 0.3) is 6.47 Å². The van der Waals surface area contributed by atoms with Gasteiger partial charge in [-0.1, -0.05) is 0 Å². The Bertz CT molecular complexity index is 750. The van der Waals surface area contributed by atoms with Crippen LogP contribution in [0, 0.1) is 0 Å². The van der Waals surface area contributed by atoms with Gasteiger partial charge in [0, 0.05) is 25.3 Å². The van der Waals surface area contributed by atoms with Gasteiger partial charge in [-0.05, 0) is 26.3 Å². The second-order valence-electron chi connectivity index (χ2n) is 7.41. The number of carbonyl (C=O) groups excluding carboxylic acids is 3. The first-order valence-corrected chi connectivity index (χ1v) is 8.57. The van der Waals surface area contributed by atoms with E-state index in [1.54, 1.807) is 6.92 Å². The highest BCUT2D eigenvalue weighted by Gasteiger charge is 2.61. The summed E-state index contributed by atoms with van der Waals surface area (Å²) in [6.07, 6.45) is 0.722. The van der Waals surface area contributed by atoms with E-state index in [0.29, 0.717) is 6.42 Å². The summed E-state index contributed by atoms with van der Waals surface area (Å²) in [7, 11) is 0. The number of ether oxygens (including phenoxy) is 4. The van der Waals surface area contributed by atoms with Crippen LogP contribution in [0.5, 0.6) is 0 Å². The summed E-state index contributed by atoms with van der Waals surface area (Å²) in [5.41, 5.74) is -2.68. The number of carbonyl (C=O) groups is 3. The van der Waals surface area contributed by atoms with Gasteiger partial charge < -0.3 is 29.2 Å².